The third-order valence-corrected chi connectivity index (χ3v) is 8.75. The highest BCUT2D eigenvalue weighted by Gasteiger charge is 2.27. The van der Waals surface area contributed by atoms with Crippen LogP contribution in [0.4, 0.5) is 5.69 Å². The van der Waals surface area contributed by atoms with Crippen LogP contribution in [0.25, 0.3) is 0 Å². The minimum Gasteiger partial charge on any atom is -0.451 e. The van der Waals surface area contributed by atoms with E-state index >= 15 is 0 Å². The number of fused-ring (bicyclic) bond motifs is 1. The molecule has 1 amide bonds. The number of hydrogen-bond donors (Lipinski definition) is 1. The van der Waals surface area contributed by atoms with E-state index in [4.69, 9.17) is 4.74 Å². The first-order valence-electron chi connectivity index (χ1n) is 10.6. The fourth-order valence-corrected chi connectivity index (χ4v) is 6.62. The highest BCUT2D eigenvalue weighted by Crippen LogP contribution is 2.29. The van der Waals surface area contributed by atoms with E-state index in [0.29, 0.717) is 23.7 Å². The molecule has 0 spiro atoms. The Bertz CT molecular complexity index is 1030. The molecule has 0 radical (unpaired) electrons. The molecule has 0 atom stereocenters. The van der Waals surface area contributed by atoms with Gasteiger partial charge in [0, 0.05) is 23.7 Å². The van der Waals surface area contributed by atoms with Crippen molar-refractivity contribution in [1.29, 1.82) is 0 Å². The molecule has 0 bridgehead atoms. The van der Waals surface area contributed by atoms with Crippen molar-refractivity contribution in [3.05, 3.63) is 45.6 Å². The molecule has 0 saturated carbocycles. The quantitative estimate of drug-likeness (QED) is 0.523. The fraction of sp³-hybridized carbons (Fsp3) is 0.455. The molecule has 1 aromatic heterocycles. The van der Waals surface area contributed by atoms with Gasteiger partial charge in [-0.3, -0.25) is 4.79 Å². The number of nitrogens with zero attached hydrogens (tertiary/aromatic N) is 1. The molecule has 166 valence electrons. The first-order valence-corrected chi connectivity index (χ1v) is 12.9. The van der Waals surface area contributed by atoms with E-state index in [2.05, 4.69) is 5.32 Å². The summed E-state index contributed by atoms with van der Waals surface area (Å²) in [5.74, 6) is -0.957. The molecule has 1 aromatic carbocycles. The number of ether oxygens (including phenoxy) is 1. The molecular weight excluding hydrogens is 436 g/mol. The Morgan fingerprint density at radius 3 is 2.45 bits per heavy atom. The van der Waals surface area contributed by atoms with Crippen LogP contribution in [0.15, 0.2) is 35.2 Å². The highest BCUT2D eigenvalue weighted by atomic mass is 32.2. The summed E-state index contributed by atoms with van der Waals surface area (Å²) < 4.78 is 31.8. The van der Waals surface area contributed by atoms with Crippen molar-refractivity contribution in [1.82, 2.24) is 4.31 Å². The van der Waals surface area contributed by atoms with Gasteiger partial charge in [-0.05, 0) is 74.4 Å². The lowest BCUT2D eigenvalue weighted by Crippen LogP contribution is -2.27. The van der Waals surface area contributed by atoms with E-state index in [9.17, 15) is 18.0 Å². The number of amides is 1. The van der Waals surface area contributed by atoms with Crippen molar-refractivity contribution in [3.8, 4) is 0 Å². The lowest BCUT2D eigenvalue weighted by atomic mass is 10.1. The first kappa shape index (κ1) is 22.0. The molecule has 1 fully saturated rings. The molecule has 4 rings (SSSR count). The second-order valence-electron chi connectivity index (χ2n) is 7.88. The van der Waals surface area contributed by atoms with Gasteiger partial charge in [-0.1, -0.05) is 6.42 Å². The molecule has 0 unspecified atom stereocenters. The lowest BCUT2D eigenvalue weighted by Gasteiger charge is -2.15. The van der Waals surface area contributed by atoms with Crippen molar-refractivity contribution >= 4 is 38.9 Å². The maximum atomic E-state index is 12.6. The van der Waals surface area contributed by atoms with Gasteiger partial charge in [-0.2, -0.15) is 4.31 Å². The fourth-order valence-electron chi connectivity index (χ4n) is 3.96. The van der Waals surface area contributed by atoms with Gasteiger partial charge in [-0.15, -0.1) is 11.3 Å². The largest absolute Gasteiger partial charge is 0.451 e. The van der Waals surface area contributed by atoms with Crippen LogP contribution in [0.2, 0.25) is 0 Å². The monoisotopic (exact) mass is 462 g/mol. The minimum absolute atomic E-state index is 0.205. The Kier molecular flexibility index (Phi) is 6.74. The Morgan fingerprint density at radius 1 is 1.00 bits per heavy atom. The Hall–Kier alpha value is -2.23. The van der Waals surface area contributed by atoms with Crippen LogP contribution < -0.4 is 5.32 Å². The van der Waals surface area contributed by atoms with E-state index in [1.807, 2.05) is 6.07 Å². The molecule has 2 aliphatic rings. The van der Waals surface area contributed by atoms with Gasteiger partial charge in [0.25, 0.3) is 5.91 Å². The summed E-state index contributed by atoms with van der Waals surface area (Å²) in [6.07, 6.45) is 7.23. The van der Waals surface area contributed by atoms with Crippen LogP contribution in [-0.4, -0.2) is 44.3 Å². The lowest BCUT2D eigenvalue weighted by molar-refractivity contribution is -0.119. The second kappa shape index (κ2) is 9.50. The summed E-state index contributed by atoms with van der Waals surface area (Å²) in [7, 11) is -3.49. The average Bonchev–Trinajstić information content (AvgIpc) is 3.39. The number of aryl methyl sites for hydroxylation is 2. The normalized spacial score (nSPS) is 17.0. The molecule has 1 aliphatic carbocycles. The topological polar surface area (TPSA) is 92.8 Å². The second-order valence-corrected chi connectivity index (χ2v) is 11.0. The highest BCUT2D eigenvalue weighted by molar-refractivity contribution is 7.89. The maximum absolute atomic E-state index is 12.6. The summed E-state index contributed by atoms with van der Waals surface area (Å²) in [4.78, 5) is 26.5. The van der Waals surface area contributed by atoms with Gasteiger partial charge < -0.3 is 10.1 Å². The predicted octanol–water partition coefficient (Wildman–Crippen LogP) is 3.60. The average molecular weight is 463 g/mol. The van der Waals surface area contributed by atoms with E-state index in [1.165, 1.54) is 44.6 Å². The summed E-state index contributed by atoms with van der Waals surface area (Å²) in [5.41, 5.74) is 1.67. The number of carbonyl (C=O) groups is 2. The van der Waals surface area contributed by atoms with E-state index in [1.54, 1.807) is 12.1 Å². The Balaban J connectivity index is 1.30. The van der Waals surface area contributed by atoms with Crippen LogP contribution in [0.3, 0.4) is 0 Å². The zero-order valence-electron chi connectivity index (χ0n) is 17.3. The zero-order chi connectivity index (χ0) is 21.8. The van der Waals surface area contributed by atoms with E-state index < -0.39 is 28.5 Å². The van der Waals surface area contributed by atoms with Crippen LogP contribution in [-0.2, 0) is 32.4 Å². The third kappa shape index (κ3) is 5.16. The van der Waals surface area contributed by atoms with Crippen molar-refractivity contribution in [2.24, 2.45) is 0 Å². The van der Waals surface area contributed by atoms with Gasteiger partial charge in [0.1, 0.15) is 4.88 Å². The molecule has 7 nitrogen and oxygen atoms in total. The van der Waals surface area contributed by atoms with Crippen LogP contribution in [0.1, 0.15) is 52.2 Å². The molecule has 31 heavy (non-hydrogen) atoms. The number of benzene rings is 1. The number of sulfonamides is 1. The smallest absolute Gasteiger partial charge is 0.348 e. The Morgan fingerprint density at radius 2 is 1.71 bits per heavy atom. The van der Waals surface area contributed by atoms with Gasteiger partial charge >= 0.3 is 5.97 Å². The van der Waals surface area contributed by atoms with Crippen molar-refractivity contribution in [2.75, 3.05) is 25.0 Å². The summed E-state index contributed by atoms with van der Waals surface area (Å²) in [5, 5.41) is 2.63. The number of hydrogen-bond acceptors (Lipinski definition) is 6. The van der Waals surface area contributed by atoms with Crippen molar-refractivity contribution in [3.63, 3.8) is 0 Å². The SMILES string of the molecule is O=C(COC(=O)c1cc2c(s1)CCCCC2)Nc1ccc(S(=O)(=O)N2CCCC2)cc1. The third-order valence-electron chi connectivity index (χ3n) is 5.62. The number of esters is 1. The number of anilines is 1. The summed E-state index contributed by atoms with van der Waals surface area (Å²) in [6.45, 7) is 0.689. The summed E-state index contributed by atoms with van der Waals surface area (Å²) in [6, 6.07) is 7.94. The number of thiophene rings is 1. The zero-order valence-corrected chi connectivity index (χ0v) is 18.9. The number of rotatable bonds is 6. The van der Waals surface area contributed by atoms with Gasteiger partial charge in [0.05, 0.1) is 4.90 Å². The standard InChI is InChI=1S/C22H26N2O5S2/c25-21(15-29-22(26)20-14-16-6-2-1-3-7-19(16)30-20)23-17-8-10-18(11-9-17)31(27,28)24-12-4-5-13-24/h8-11,14H,1-7,12-13,15H2,(H,23,25). The number of carbonyl (C=O) groups excluding carboxylic acids is 2. The van der Waals surface area contributed by atoms with Crippen molar-refractivity contribution in [2.45, 2.75) is 49.8 Å². The van der Waals surface area contributed by atoms with Crippen LogP contribution in [0.5, 0.6) is 0 Å². The predicted molar refractivity (Wildman–Crippen MR) is 119 cm³/mol. The molecule has 1 saturated heterocycles. The van der Waals surface area contributed by atoms with Crippen molar-refractivity contribution < 1.29 is 22.7 Å². The maximum Gasteiger partial charge on any atom is 0.348 e. The number of nitrogens with one attached hydrogen (secondary N) is 1. The van der Waals surface area contributed by atoms with Gasteiger partial charge in [0.2, 0.25) is 10.0 Å². The summed E-state index contributed by atoms with van der Waals surface area (Å²) >= 11 is 1.46. The molecule has 2 heterocycles. The van der Waals surface area contributed by atoms with E-state index in [-0.39, 0.29) is 4.90 Å². The molecule has 1 aliphatic heterocycles. The van der Waals surface area contributed by atoms with E-state index in [0.717, 1.165) is 38.5 Å². The van der Waals surface area contributed by atoms with Gasteiger partial charge in [0.15, 0.2) is 6.61 Å². The molecule has 2 aromatic rings. The Labute approximate surface area is 186 Å². The molecule has 9 heteroatoms. The van der Waals surface area contributed by atoms with Gasteiger partial charge in [-0.25, -0.2) is 13.2 Å². The first-order chi connectivity index (χ1) is 14.9. The van der Waals surface area contributed by atoms with Crippen LogP contribution >= 0.6 is 11.3 Å². The molecule has 1 N–H and O–H groups in total. The molecular formula is C22H26N2O5S2. The minimum atomic E-state index is -3.49. The van der Waals surface area contributed by atoms with Crippen LogP contribution in [0, 0.1) is 0 Å².